The molecule has 1 aromatic heterocycles. The number of carbonyl (C=O) groups excluding carboxylic acids is 1. The fourth-order valence-corrected chi connectivity index (χ4v) is 3.44. The molecule has 2 N–H and O–H groups in total. The van der Waals surface area contributed by atoms with Gasteiger partial charge in [-0.1, -0.05) is 19.9 Å². The maximum Gasteiger partial charge on any atom is 0.225 e. The van der Waals surface area contributed by atoms with Crippen molar-refractivity contribution in [3.8, 4) is 5.75 Å². The molecule has 0 atom stereocenters. The number of hydrogen-bond acceptors (Lipinski definition) is 4. The van der Waals surface area contributed by atoms with Crippen LogP contribution in [0.25, 0.3) is 10.9 Å². The summed E-state index contributed by atoms with van der Waals surface area (Å²) in [6.45, 7) is 8.15. The molecule has 2 heterocycles. The first kappa shape index (κ1) is 17.5. The van der Waals surface area contributed by atoms with E-state index in [4.69, 9.17) is 10.5 Å². The third kappa shape index (κ3) is 3.86. The monoisotopic (exact) mass is 341 g/mol. The Labute approximate surface area is 149 Å². The number of anilines is 1. The molecule has 0 radical (unpaired) electrons. The van der Waals surface area contributed by atoms with Crippen LogP contribution >= 0.6 is 0 Å². The number of carbonyl (C=O) groups is 1. The molecule has 0 aliphatic carbocycles. The Hall–Kier alpha value is -2.30. The molecule has 25 heavy (non-hydrogen) atoms. The Balaban J connectivity index is 1.64. The zero-order valence-corrected chi connectivity index (χ0v) is 15.3. The van der Waals surface area contributed by atoms with E-state index in [1.54, 1.807) is 0 Å². The lowest BCUT2D eigenvalue weighted by Crippen LogP contribution is -2.41. The van der Waals surface area contributed by atoms with Crippen LogP contribution in [0.15, 0.2) is 24.3 Å². The molecule has 1 aliphatic rings. The molecule has 1 aromatic carbocycles. The molecule has 134 valence electrons. The van der Waals surface area contributed by atoms with Crippen molar-refractivity contribution < 1.29 is 9.53 Å². The first-order valence-corrected chi connectivity index (χ1v) is 9.03. The molecule has 1 saturated heterocycles. The van der Waals surface area contributed by atoms with E-state index in [1.165, 1.54) is 0 Å². The maximum atomic E-state index is 12.1. The van der Waals surface area contributed by atoms with Gasteiger partial charge in [0.2, 0.25) is 5.91 Å². The van der Waals surface area contributed by atoms with Gasteiger partial charge in [-0.2, -0.15) is 0 Å². The second-order valence-corrected chi connectivity index (χ2v) is 7.24. The van der Waals surface area contributed by atoms with Crippen LogP contribution in [0.4, 0.5) is 5.69 Å². The summed E-state index contributed by atoms with van der Waals surface area (Å²) in [4.78, 5) is 18.6. The molecule has 1 fully saturated rings. The predicted molar refractivity (Wildman–Crippen MR) is 101 cm³/mol. The van der Waals surface area contributed by atoms with Crippen LogP contribution in [0.1, 0.15) is 32.4 Å². The number of hydrogen-bond donors (Lipinski definition) is 1. The third-order valence-electron chi connectivity index (χ3n) is 4.85. The lowest BCUT2D eigenvalue weighted by atomic mass is 9.97. The highest BCUT2D eigenvalue weighted by molar-refractivity contribution is 5.95. The van der Waals surface area contributed by atoms with Gasteiger partial charge in [0.1, 0.15) is 5.75 Å². The largest absolute Gasteiger partial charge is 0.493 e. The number of nitrogen functional groups attached to an aromatic ring is 1. The first-order chi connectivity index (χ1) is 12.0. The van der Waals surface area contributed by atoms with E-state index in [2.05, 4.69) is 4.98 Å². The molecule has 2 aromatic rings. The van der Waals surface area contributed by atoms with E-state index in [1.807, 2.05) is 49.9 Å². The van der Waals surface area contributed by atoms with Gasteiger partial charge in [-0.25, -0.2) is 0 Å². The van der Waals surface area contributed by atoms with Gasteiger partial charge in [0, 0.05) is 30.4 Å². The van der Waals surface area contributed by atoms with E-state index in [0.29, 0.717) is 18.2 Å². The Bertz CT molecular complexity index is 765. The fourth-order valence-electron chi connectivity index (χ4n) is 3.44. The van der Waals surface area contributed by atoms with Gasteiger partial charge in [0.25, 0.3) is 0 Å². The molecule has 1 aliphatic heterocycles. The number of benzene rings is 1. The molecule has 3 rings (SSSR count). The fraction of sp³-hybridized carbons (Fsp3) is 0.500. The summed E-state index contributed by atoms with van der Waals surface area (Å²) < 4.78 is 6.10. The molecule has 0 spiro atoms. The number of likely N-dealkylation sites (tertiary alicyclic amines) is 1. The van der Waals surface area contributed by atoms with Crippen molar-refractivity contribution in [2.75, 3.05) is 25.4 Å². The number of fused-ring (bicyclic) bond motifs is 1. The number of amides is 1. The van der Waals surface area contributed by atoms with Crippen molar-refractivity contribution in [3.63, 3.8) is 0 Å². The van der Waals surface area contributed by atoms with E-state index >= 15 is 0 Å². The molecular weight excluding hydrogens is 314 g/mol. The molecule has 5 nitrogen and oxygen atoms in total. The second kappa shape index (κ2) is 7.30. The van der Waals surface area contributed by atoms with E-state index in [9.17, 15) is 4.79 Å². The predicted octanol–water partition coefficient (Wildman–Crippen LogP) is 3.40. The maximum absolute atomic E-state index is 12.1. The highest BCUT2D eigenvalue weighted by atomic mass is 16.5. The Kier molecular flexibility index (Phi) is 5.11. The number of ether oxygens (including phenoxy) is 1. The van der Waals surface area contributed by atoms with Gasteiger partial charge in [-0.05, 0) is 43.9 Å². The van der Waals surface area contributed by atoms with Crippen LogP contribution in [0.5, 0.6) is 5.75 Å². The second-order valence-electron chi connectivity index (χ2n) is 7.24. The SMILES string of the molecule is Cc1cc(N)c2c(OCC3CCN(C(=O)C(C)C)CC3)cccc2n1. The third-order valence-corrected chi connectivity index (χ3v) is 4.85. The number of nitrogens with two attached hydrogens (primary N) is 1. The summed E-state index contributed by atoms with van der Waals surface area (Å²) in [7, 11) is 0. The zero-order chi connectivity index (χ0) is 18.0. The summed E-state index contributed by atoms with van der Waals surface area (Å²) in [5.41, 5.74) is 8.66. The highest BCUT2D eigenvalue weighted by Gasteiger charge is 2.24. The van der Waals surface area contributed by atoms with Crippen molar-refractivity contribution in [3.05, 3.63) is 30.0 Å². The summed E-state index contributed by atoms with van der Waals surface area (Å²) in [5.74, 6) is 1.58. The average Bonchev–Trinajstić information content (AvgIpc) is 2.59. The van der Waals surface area contributed by atoms with Crippen LogP contribution in [-0.4, -0.2) is 35.5 Å². The highest BCUT2D eigenvalue weighted by Crippen LogP contribution is 2.31. The van der Waals surface area contributed by atoms with Gasteiger partial charge in [0.15, 0.2) is 0 Å². The van der Waals surface area contributed by atoms with E-state index in [0.717, 1.165) is 48.3 Å². The minimum absolute atomic E-state index is 0.0717. The van der Waals surface area contributed by atoms with Gasteiger partial charge in [-0.3, -0.25) is 9.78 Å². The van der Waals surface area contributed by atoms with Crippen LogP contribution in [0.3, 0.4) is 0 Å². The minimum atomic E-state index is 0.0717. The van der Waals surface area contributed by atoms with E-state index in [-0.39, 0.29) is 11.8 Å². The van der Waals surface area contributed by atoms with Crippen molar-refractivity contribution in [1.82, 2.24) is 9.88 Å². The lowest BCUT2D eigenvalue weighted by Gasteiger charge is -2.33. The summed E-state index contributed by atoms with van der Waals surface area (Å²) in [6, 6.07) is 7.74. The number of nitrogens with zero attached hydrogens (tertiary/aromatic N) is 2. The number of rotatable bonds is 4. The minimum Gasteiger partial charge on any atom is -0.493 e. The molecule has 0 saturated carbocycles. The first-order valence-electron chi connectivity index (χ1n) is 9.03. The summed E-state index contributed by atoms with van der Waals surface area (Å²) >= 11 is 0. The van der Waals surface area contributed by atoms with Crippen molar-refractivity contribution in [2.45, 2.75) is 33.6 Å². The normalized spacial score (nSPS) is 15.8. The Morgan fingerprint density at radius 3 is 2.76 bits per heavy atom. The van der Waals surface area contributed by atoms with Gasteiger partial charge >= 0.3 is 0 Å². The van der Waals surface area contributed by atoms with Gasteiger partial charge in [0.05, 0.1) is 17.5 Å². The zero-order valence-electron chi connectivity index (χ0n) is 15.3. The Morgan fingerprint density at radius 1 is 1.36 bits per heavy atom. The summed E-state index contributed by atoms with van der Waals surface area (Å²) in [6.07, 6.45) is 1.96. The smallest absolute Gasteiger partial charge is 0.225 e. The number of piperidine rings is 1. The van der Waals surface area contributed by atoms with Crippen molar-refractivity contribution >= 4 is 22.5 Å². The van der Waals surface area contributed by atoms with Crippen LogP contribution in [-0.2, 0) is 4.79 Å². The topological polar surface area (TPSA) is 68.5 Å². The number of pyridine rings is 1. The molecular formula is C20H27N3O2. The van der Waals surface area contributed by atoms with E-state index < -0.39 is 0 Å². The van der Waals surface area contributed by atoms with Crippen LogP contribution < -0.4 is 10.5 Å². The standard InChI is InChI=1S/C20H27N3O2/c1-13(2)20(24)23-9-7-15(8-10-23)12-25-18-6-4-5-17-19(18)16(21)11-14(3)22-17/h4-6,11,13,15H,7-10,12H2,1-3H3,(H2,21,22). The molecule has 1 amide bonds. The Morgan fingerprint density at radius 2 is 2.08 bits per heavy atom. The quantitative estimate of drug-likeness (QED) is 0.925. The van der Waals surface area contributed by atoms with Gasteiger partial charge in [-0.15, -0.1) is 0 Å². The molecule has 0 unspecified atom stereocenters. The summed E-state index contributed by atoms with van der Waals surface area (Å²) in [5, 5.41) is 0.889. The van der Waals surface area contributed by atoms with Crippen molar-refractivity contribution in [2.24, 2.45) is 11.8 Å². The van der Waals surface area contributed by atoms with Gasteiger partial charge < -0.3 is 15.4 Å². The number of aryl methyl sites for hydroxylation is 1. The van der Waals surface area contributed by atoms with Crippen molar-refractivity contribution in [1.29, 1.82) is 0 Å². The average molecular weight is 341 g/mol. The molecule has 5 heteroatoms. The van der Waals surface area contributed by atoms with Crippen LogP contribution in [0.2, 0.25) is 0 Å². The number of aromatic nitrogens is 1. The van der Waals surface area contributed by atoms with Crippen LogP contribution in [0, 0.1) is 18.8 Å². The molecule has 0 bridgehead atoms. The lowest BCUT2D eigenvalue weighted by molar-refractivity contribution is -0.136.